The van der Waals surface area contributed by atoms with E-state index in [2.05, 4.69) is 163 Å². The van der Waals surface area contributed by atoms with Crippen molar-refractivity contribution in [1.29, 1.82) is 0 Å². The average Bonchev–Trinajstić information content (AvgIpc) is 3.60. The number of hydrogen-bond acceptors (Lipinski definition) is 0. The minimum absolute atomic E-state index is 0.133. The summed E-state index contributed by atoms with van der Waals surface area (Å²) < 4.78 is 1.42. The molecule has 0 radical (unpaired) electrons. The first-order chi connectivity index (χ1) is 19.0. The van der Waals surface area contributed by atoms with Crippen molar-refractivity contribution in [2.45, 2.75) is 58.3 Å². The van der Waals surface area contributed by atoms with Crippen LogP contribution in [0.1, 0.15) is 75.3 Å². The molecule has 6 rings (SSSR count). The fraction of sp³-hybridized carbons (Fsp3) is 0.231. The van der Waals surface area contributed by atoms with Crippen LogP contribution in [-0.2, 0) is 35.1 Å². The van der Waals surface area contributed by atoms with E-state index < -0.39 is 0 Å². The van der Waals surface area contributed by atoms with E-state index in [4.69, 9.17) is 0 Å². The standard InChI is InChI=1S/C26H29.C13H10.Zr/c1-25(2,3)19-11-12-20-18(15-19)16-22-21(20)13-14-23(26(4,5)6)24(22)17-9-7-8-10-17;1-3-7-12(8-4-1)11-13-9-5-2-6-10-13;/h7-17H,1-6H3;1-10H;/q-1;;. The van der Waals surface area contributed by atoms with Crippen LogP contribution >= 0.6 is 0 Å². The van der Waals surface area contributed by atoms with Crippen LogP contribution in [0.5, 0.6) is 0 Å². The molecule has 5 aromatic rings. The van der Waals surface area contributed by atoms with Gasteiger partial charge in [0.25, 0.3) is 0 Å². The Kier molecular flexibility index (Phi) is 8.17. The van der Waals surface area contributed by atoms with Gasteiger partial charge in [0, 0.05) is 0 Å². The van der Waals surface area contributed by atoms with Crippen LogP contribution in [0.3, 0.4) is 0 Å². The first-order valence-corrected chi connectivity index (χ1v) is 15.5. The molecule has 0 saturated heterocycles. The van der Waals surface area contributed by atoms with Crippen molar-refractivity contribution in [3.05, 3.63) is 149 Å². The van der Waals surface area contributed by atoms with Gasteiger partial charge in [-0.25, -0.2) is 0 Å². The zero-order valence-electron chi connectivity index (χ0n) is 24.6. The molecule has 0 heterocycles. The fourth-order valence-electron chi connectivity index (χ4n) is 5.59. The second-order valence-electron chi connectivity index (χ2n) is 12.8. The molecule has 40 heavy (non-hydrogen) atoms. The molecule has 0 unspecified atom stereocenters. The van der Waals surface area contributed by atoms with Crippen molar-refractivity contribution in [3.63, 3.8) is 0 Å². The Morgan fingerprint density at radius 3 is 1.73 bits per heavy atom. The second-order valence-corrected chi connectivity index (χ2v) is 14.1. The topological polar surface area (TPSA) is 0 Å². The van der Waals surface area contributed by atoms with Gasteiger partial charge < -0.3 is 0 Å². The Bertz CT molecular complexity index is 1640. The van der Waals surface area contributed by atoms with Crippen molar-refractivity contribution in [1.82, 2.24) is 0 Å². The van der Waals surface area contributed by atoms with Gasteiger partial charge in [0.2, 0.25) is 0 Å². The molecule has 1 aliphatic rings. The Morgan fingerprint density at radius 1 is 0.650 bits per heavy atom. The van der Waals surface area contributed by atoms with Gasteiger partial charge in [-0.1, -0.05) is 107 Å². The summed E-state index contributed by atoms with van der Waals surface area (Å²) in [7, 11) is 0. The number of fused-ring (bicyclic) bond motifs is 3. The molecule has 0 fully saturated rings. The number of hydrogen-bond donors (Lipinski definition) is 0. The molecule has 0 aliphatic heterocycles. The molecule has 0 spiro atoms. The molecule has 0 nitrogen and oxygen atoms in total. The van der Waals surface area contributed by atoms with Crippen LogP contribution in [0.25, 0.3) is 21.5 Å². The van der Waals surface area contributed by atoms with Crippen LogP contribution < -0.4 is 0 Å². The number of rotatable bonds is 3. The minimum atomic E-state index is 0.133. The van der Waals surface area contributed by atoms with E-state index in [0.29, 0.717) is 5.92 Å². The van der Waals surface area contributed by atoms with E-state index >= 15 is 0 Å². The Labute approximate surface area is 255 Å². The molecule has 0 N–H and O–H groups in total. The number of benzene rings is 4. The molecule has 1 heteroatoms. The van der Waals surface area contributed by atoms with Gasteiger partial charge in [0.15, 0.2) is 0 Å². The third-order valence-corrected chi connectivity index (χ3v) is 9.23. The van der Waals surface area contributed by atoms with E-state index in [-0.39, 0.29) is 10.8 Å². The van der Waals surface area contributed by atoms with E-state index in [1.54, 1.807) is 0 Å². The van der Waals surface area contributed by atoms with Gasteiger partial charge in [0.1, 0.15) is 0 Å². The third-order valence-electron chi connectivity index (χ3n) is 7.81. The summed E-state index contributed by atoms with van der Waals surface area (Å²) in [5, 5.41) is 5.54. The molecule has 1 aliphatic carbocycles. The van der Waals surface area contributed by atoms with Crippen LogP contribution in [0.15, 0.2) is 121 Å². The van der Waals surface area contributed by atoms with Crippen LogP contribution in [0.4, 0.5) is 0 Å². The van der Waals surface area contributed by atoms with Crippen molar-refractivity contribution >= 4 is 24.8 Å². The Hall–Kier alpha value is -3.02. The summed E-state index contributed by atoms with van der Waals surface area (Å²) in [6, 6.07) is 35.2. The van der Waals surface area contributed by atoms with Crippen LogP contribution in [0, 0.1) is 0 Å². The van der Waals surface area contributed by atoms with Crippen molar-refractivity contribution in [3.8, 4) is 0 Å². The molecule has 0 amide bonds. The predicted octanol–water partition coefficient (Wildman–Crippen LogP) is 10.3. The van der Waals surface area contributed by atoms with E-state index in [9.17, 15) is 0 Å². The summed E-state index contributed by atoms with van der Waals surface area (Å²) in [5.41, 5.74) is 7.31. The first kappa shape index (κ1) is 28.5. The summed E-state index contributed by atoms with van der Waals surface area (Å²) in [6.07, 6.45) is 9.00. The number of allylic oxidation sites excluding steroid dienone is 4. The van der Waals surface area contributed by atoms with Gasteiger partial charge in [0.05, 0.1) is 0 Å². The summed E-state index contributed by atoms with van der Waals surface area (Å²) in [5.74, 6) is 0.381. The summed E-state index contributed by atoms with van der Waals surface area (Å²) in [6.45, 7) is 13.8. The SMILES string of the molecule is CC(C)(C)c1ccc2c(c1)[cH-]c1c(C3C=CC=C3)c(C(C)(C)C)ccc12.[Zr]=[C](c1ccccc1)c1ccccc1. The quantitative estimate of drug-likeness (QED) is 0.181. The van der Waals surface area contributed by atoms with Crippen molar-refractivity contribution in [2.75, 3.05) is 0 Å². The molecule has 0 bridgehead atoms. The van der Waals surface area contributed by atoms with E-state index in [1.165, 1.54) is 76.8 Å². The van der Waals surface area contributed by atoms with E-state index in [0.717, 1.165) is 0 Å². The molecule has 5 aromatic carbocycles. The van der Waals surface area contributed by atoms with Crippen molar-refractivity contribution in [2.24, 2.45) is 0 Å². The molecule has 200 valence electrons. The zero-order valence-corrected chi connectivity index (χ0v) is 27.1. The van der Waals surface area contributed by atoms with Crippen molar-refractivity contribution < 1.29 is 24.2 Å². The maximum atomic E-state index is 2.42. The monoisotopic (exact) mass is 597 g/mol. The van der Waals surface area contributed by atoms with Gasteiger partial charge in [-0.3, -0.25) is 0 Å². The summed E-state index contributed by atoms with van der Waals surface area (Å²) in [4.78, 5) is 0. The normalized spacial score (nSPS) is 13.5. The fourth-order valence-corrected chi connectivity index (χ4v) is 6.41. The molecule has 0 aromatic heterocycles. The summed E-state index contributed by atoms with van der Waals surface area (Å²) >= 11 is 1.46. The molecular weight excluding hydrogens is 560 g/mol. The Morgan fingerprint density at radius 2 is 1.20 bits per heavy atom. The van der Waals surface area contributed by atoms with Gasteiger partial charge >= 0.3 is 99.2 Å². The van der Waals surface area contributed by atoms with Gasteiger partial charge in [-0.2, -0.15) is 0 Å². The van der Waals surface area contributed by atoms with E-state index in [1.807, 2.05) is 0 Å². The predicted molar refractivity (Wildman–Crippen MR) is 172 cm³/mol. The third kappa shape index (κ3) is 6.01. The van der Waals surface area contributed by atoms with Crippen LogP contribution in [-0.4, -0.2) is 3.21 Å². The van der Waals surface area contributed by atoms with Crippen LogP contribution in [0.2, 0.25) is 0 Å². The molecule has 0 saturated carbocycles. The first-order valence-electron chi connectivity index (χ1n) is 14.3. The average molecular weight is 599 g/mol. The zero-order chi connectivity index (χ0) is 28.5. The molecular formula is C39H39Zr-. The second kappa shape index (κ2) is 11.5. The van der Waals surface area contributed by atoms with Gasteiger partial charge in [-0.15, -0.1) is 33.7 Å². The van der Waals surface area contributed by atoms with Gasteiger partial charge in [-0.05, 0) is 16.7 Å². The maximum absolute atomic E-state index is 2.42. The molecule has 0 atom stereocenters. The Balaban J connectivity index is 0.000000194.